The molecule has 0 N–H and O–H groups in total. The Hall–Kier alpha value is -2.63. The molecule has 1 spiro atoms. The number of amides is 2. The summed E-state index contributed by atoms with van der Waals surface area (Å²) in [6, 6.07) is 11.5. The standard InChI is InChI=1S/C19H22N4O2/c1-2-22-11-8-16(20-22)17(24)21-12-9-19(10-13-21)14-23(18(19)25)15-6-4-3-5-7-15/h3-8,11H,2,9-10,12-14H2,1H3. The summed E-state index contributed by atoms with van der Waals surface area (Å²) in [5.41, 5.74) is 1.17. The van der Waals surface area contributed by atoms with Crippen molar-refractivity contribution < 1.29 is 9.59 Å². The lowest BCUT2D eigenvalue weighted by atomic mass is 9.70. The van der Waals surface area contributed by atoms with Crippen LogP contribution in [0.15, 0.2) is 42.6 Å². The average molecular weight is 338 g/mol. The maximum Gasteiger partial charge on any atom is 0.274 e. The van der Waals surface area contributed by atoms with Crippen molar-refractivity contribution in [2.75, 3.05) is 24.5 Å². The summed E-state index contributed by atoms with van der Waals surface area (Å²) >= 11 is 0. The molecule has 3 heterocycles. The van der Waals surface area contributed by atoms with E-state index in [1.807, 2.05) is 53.3 Å². The van der Waals surface area contributed by atoms with Gasteiger partial charge in [-0.3, -0.25) is 14.3 Å². The number of rotatable bonds is 3. The van der Waals surface area contributed by atoms with Crippen LogP contribution in [-0.2, 0) is 11.3 Å². The summed E-state index contributed by atoms with van der Waals surface area (Å²) in [5, 5.41) is 4.29. The molecule has 0 saturated carbocycles. The van der Waals surface area contributed by atoms with Crippen LogP contribution in [0, 0.1) is 5.41 Å². The first kappa shape index (κ1) is 15.9. The number of β-lactam (4-membered cyclic amide) rings is 1. The number of hydrogen-bond donors (Lipinski definition) is 0. The molecule has 1 aromatic heterocycles. The third-order valence-electron chi connectivity index (χ3n) is 5.42. The van der Waals surface area contributed by atoms with Crippen molar-refractivity contribution in [3.05, 3.63) is 48.3 Å². The van der Waals surface area contributed by atoms with E-state index in [2.05, 4.69) is 5.10 Å². The Balaban J connectivity index is 1.39. The Bertz CT molecular complexity index is 791. The van der Waals surface area contributed by atoms with Crippen LogP contribution in [-0.4, -0.2) is 46.1 Å². The van der Waals surface area contributed by atoms with Gasteiger partial charge in [-0.1, -0.05) is 18.2 Å². The highest BCUT2D eigenvalue weighted by atomic mass is 16.2. The molecule has 0 radical (unpaired) electrons. The van der Waals surface area contributed by atoms with Crippen LogP contribution in [0.4, 0.5) is 5.69 Å². The second kappa shape index (κ2) is 6.02. The Kier molecular flexibility index (Phi) is 3.82. The van der Waals surface area contributed by atoms with E-state index in [0.29, 0.717) is 18.8 Å². The van der Waals surface area contributed by atoms with Gasteiger partial charge in [0.15, 0.2) is 0 Å². The van der Waals surface area contributed by atoms with Gasteiger partial charge in [-0.25, -0.2) is 0 Å². The van der Waals surface area contributed by atoms with Crippen molar-refractivity contribution in [2.45, 2.75) is 26.3 Å². The quantitative estimate of drug-likeness (QED) is 0.806. The Morgan fingerprint density at radius 1 is 1.16 bits per heavy atom. The van der Waals surface area contributed by atoms with Crippen LogP contribution in [0.25, 0.3) is 0 Å². The summed E-state index contributed by atoms with van der Waals surface area (Å²) in [7, 11) is 0. The number of carbonyl (C=O) groups is 2. The SMILES string of the molecule is CCn1ccc(C(=O)N2CCC3(CC2)CN(c2ccccc2)C3=O)n1. The number of benzene rings is 1. The highest BCUT2D eigenvalue weighted by molar-refractivity contribution is 6.04. The second-order valence-corrected chi connectivity index (χ2v) is 6.86. The van der Waals surface area contributed by atoms with Crippen LogP contribution in [0.1, 0.15) is 30.3 Å². The normalized spacial score (nSPS) is 19.2. The topological polar surface area (TPSA) is 58.4 Å². The van der Waals surface area contributed by atoms with E-state index in [0.717, 1.165) is 31.6 Å². The molecular weight excluding hydrogens is 316 g/mol. The van der Waals surface area contributed by atoms with Crippen molar-refractivity contribution in [2.24, 2.45) is 5.41 Å². The van der Waals surface area contributed by atoms with E-state index >= 15 is 0 Å². The van der Waals surface area contributed by atoms with Gasteiger partial charge >= 0.3 is 0 Å². The molecule has 2 saturated heterocycles. The van der Waals surface area contributed by atoms with E-state index in [4.69, 9.17) is 0 Å². The Labute approximate surface area is 147 Å². The number of carbonyl (C=O) groups excluding carboxylic acids is 2. The number of hydrogen-bond acceptors (Lipinski definition) is 3. The molecule has 0 atom stereocenters. The average Bonchev–Trinajstić information content (AvgIpc) is 3.15. The largest absolute Gasteiger partial charge is 0.337 e. The minimum atomic E-state index is -0.282. The Morgan fingerprint density at radius 3 is 2.48 bits per heavy atom. The molecule has 2 aromatic rings. The van der Waals surface area contributed by atoms with E-state index in [-0.39, 0.29) is 17.2 Å². The zero-order chi connectivity index (χ0) is 17.4. The van der Waals surface area contributed by atoms with Gasteiger partial charge in [-0.15, -0.1) is 0 Å². The van der Waals surface area contributed by atoms with Gasteiger partial charge in [0.25, 0.3) is 5.91 Å². The van der Waals surface area contributed by atoms with Crippen molar-refractivity contribution >= 4 is 17.5 Å². The number of aryl methyl sites for hydroxylation is 1. The van der Waals surface area contributed by atoms with E-state index < -0.39 is 0 Å². The van der Waals surface area contributed by atoms with Crippen LogP contribution in [0.3, 0.4) is 0 Å². The zero-order valence-electron chi connectivity index (χ0n) is 14.4. The number of aromatic nitrogens is 2. The minimum absolute atomic E-state index is 0.0336. The van der Waals surface area contributed by atoms with Crippen LogP contribution < -0.4 is 4.90 Å². The van der Waals surface area contributed by atoms with Crippen molar-refractivity contribution in [3.8, 4) is 0 Å². The summed E-state index contributed by atoms with van der Waals surface area (Å²) in [6.45, 7) is 4.73. The molecule has 0 bridgehead atoms. The summed E-state index contributed by atoms with van der Waals surface area (Å²) < 4.78 is 1.76. The molecule has 4 rings (SSSR count). The fourth-order valence-electron chi connectivity index (χ4n) is 3.78. The summed E-state index contributed by atoms with van der Waals surface area (Å²) in [4.78, 5) is 29.0. The monoisotopic (exact) mass is 338 g/mol. The third kappa shape index (κ3) is 2.62. The molecule has 0 aliphatic carbocycles. The number of para-hydroxylation sites is 1. The molecule has 2 aliphatic rings. The summed E-state index contributed by atoms with van der Waals surface area (Å²) in [6.07, 6.45) is 3.29. The maximum atomic E-state index is 12.7. The van der Waals surface area contributed by atoms with Gasteiger partial charge < -0.3 is 9.80 Å². The molecule has 2 fully saturated rings. The lowest BCUT2D eigenvalue weighted by Gasteiger charge is -2.52. The molecular formula is C19H22N4O2. The minimum Gasteiger partial charge on any atom is -0.337 e. The predicted molar refractivity (Wildman–Crippen MR) is 94.3 cm³/mol. The molecule has 0 unspecified atom stereocenters. The number of anilines is 1. The van der Waals surface area contributed by atoms with Gasteiger partial charge in [0.1, 0.15) is 5.69 Å². The van der Waals surface area contributed by atoms with Gasteiger partial charge in [0, 0.05) is 38.1 Å². The Morgan fingerprint density at radius 2 is 1.88 bits per heavy atom. The smallest absolute Gasteiger partial charge is 0.274 e. The molecule has 2 amide bonds. The highest BCUT2D eigenvalue weighted by Gasteiger charge is 2.53. The summed E-state index contributed by atoms with van der Waals surface area (Å²) in [5.74, 6) is 0.162. The van der Waals surface area contributed by atoms with Crippen LogP contribution >= 0.6 is 0 Å². The van der Waals surface area contributed by atoms with Crippen molar-refractivity contribution in [1.29, 1.82) is 0 Å². The van der Waals surface area contributed by atoms with E-state index in [1.165, 1.54) is 0 Å². The molecule has 6 heteroatoms. The van der Waals surface area contributed by atoms with Gasteiger partial charge in [-0.2, -0.15) is 5.10 Å². The molecule has 1 aromatic carbocycles. The van der Waals surface area contributed by atoms with Gasteiger partial charge in [0.2, 0.25) is 5.91 Å². The van der Waals surface area contributed by atoms with Gasteiger partial charge in [0.05, 0.1) is 5.41 Å². The predicted octanol–water partition coefficient (Wildman–Crippen LogP) is 2.17. The molecule has 25 heavy (non-hydrogen) atoms. The third-order valence-corrected chi connectivity index (χ3v) is 5.42. The van der Waals surface area contributed by atoms with Crippen LogP contribution in [0.2, 0.25) is 0 Å². The first-order chi connectivity index (χ1) is 12.1. The lowest BCUT2D eigenvalue weighted by molar-refractivity contribution is -0.138. The molecule has 2 aliphatic heterocycles. The first-order valence-electron chi connectivity index (χ1n) is 8.83. The fourth-order valence-corrected chi connectivity index (χ4v) is 3.78. The van der Waals surface area contributed by atoms with E-state index in [9.17, 15) is 9.59 Å². The number of likely N-dealkylation sites (tertiary alicyclic amines) is 1. The van der Waals surface area contributed by atoms with Crippen molar-refractivity contribution in [1.82, 2.24) is 14.7 Å². The van der Waals surface area contributed by atoms with E-state index in [1.54, 1.807) is 10.7 Å². The number of piperidine rings is 1. The second-order valence-electron chi connectivity index (χ2n) is 6.86. The maximum absolute atomic E-state index is 12.7. The first-order valence-corrected chi connectivity index (χ1v) is 8.83. The highest BCUT2D eigenvalue weighted by Crippen LogP contribution is 2.43. The van der Waals surface area contributed by atoms with Crippen LogP contribution in [0.5, 0.6) is 0 Å². The molecule has 130 valence electrons. The zero-order valence-corrected chi connectivity index (χ0v) is 14.4. The van der Waals surface area contributed by atoms with Gasteiger partial charge in [-0.05, 0) is 38.0 Å². The lowest BCUT2D eigenvalue weighted by Crippen LogP contribution is -2.65. The number of nitrogens with zero attached hydrogens (tertiary/aromatic N) is 4. The fraction of sp³-hybridized carbons (Fsp3) is 0.421. The van der Waals surface area contributed by atoms with Crippen molar-refractivity contribution in [3.63, 3.8) is 0 Å². The molecule has 6 nitrogen and oxygen atoms in total.